The highest BCUT2D eigenvalue weighted by molar-refractivity contribution is 5.78. The average molecular weight is 188 g/mol. The minimum Gasteiger partial charge on any atom is -0.298 e. The number of halogens is 3. The van der Waals surface area contributed by atoms with Crippen molar-refractivity contribution in [2.24, 2.45) is 0 Å². The summed E-state index contributed by atoms with van der Waals surface area (Å²) in [6.45, 7) is 1.63. The number of benzene rings is 1. The largest absolute Gasteiger partial charge is 0.417 e. The normalized spacial score (nSPS) is 11.4. The molecule has 0 radical (unpaired) electrons. The fraction of sp³-hybridized carbons (Fsp3) is 0.222. The van der Waals surface area contributed by atoms with Gasteiger partial charge in [-0.25, -0.2) is 0 Å². The number of hydrogen-bond acceptors (Lipinski definition) is 1. The van der Waals surface area contributed by atoms with Crippen molar-refractivity contribution >= 4 is 6.29 Å². The summed E-state index contributed by atoms with van der Waals surface area (Å²) in [6, 6.07) is 3.46. The first kappa shape index (κ1) is 9.77. The van der Waals surface area contributed by atoms with Crippen LogP contribution in [-0.4, -0.2) is 6.29 Å². The predicted molar refractivity (Wildman–Crippen MR) is 41.6 cm³/mol. The van der Waals surface area contributed by atoms with E-state index in [1.807, 2.05) is 0 Å². The van der Waals surface area contributed by atoms with Crippen molar-refractivity contribution in [3.63, 3.8) is 0 Å². The Bertz CT molecular complexity index is 328. The molecule has 4 heteroatoms. The lowest BCUT2D eigenvalue weighted by atomic mass is 10.1. The number of alkyl halides is 3. The van der Waals surface area contributed by atoms with E-state index in [4.69, 9.17) is 0 Å². The predicted octanol–water partition coefficient (Wildman–Crippen LogP) is 2.83. The smallest absolute Gasteiger partial charge is 0.298 e. The van der Waals surface area contributed by atoms with Crippen LogP contribution in [0, 0.1) is 6.92 Å². The van der Waals surface area contributed by atoms with Crippen LogP contribution in [0.3, 0.4) is 0 Å². The first-order valence-corrected chi connectivity index (χ1v) is 3.58. The summed E-state index contributed by atoms with van der Waals surface area (Å²) in [5.41, 5.74) is -0.560. The van der Waals surface area contributed by atoms with Crippen molar-refractivity contribution in [2.45, 2.75) is 13.1 Å². The van der Waals surface area contributed by atoms with E-state index in [1.54, 1.807) is 6.92 Å². The van der Waals surface area contributed by atoms with Crippen molar-refractivity contribution < 1.29 is 18.0 Å². The van der Waals surface area contributed by atoms with E-state index in [0.29, 0.717) is 5.56 Å². The van der Waals surface area contributed by atoms with E-state index in [1.165, 1.54) is 12.1 Å². The molecule has 13 heavy (non-hydrogen) atoms. The third kappa shape index (κ3) is 2.08. The van der Waals surface area contributed by atoms with Crippen molar-refractivity contribution in [3.05, 3.63) is 34.9 Å². The van der Waals surface area contributed by atoms with Gasteiger partial charge in [0.05, 0.1) is 5.56 Å². The molecule has 0 N–H and O–H groups in total. The van der Waals surface area contributed by atoms with E-state index < -0.39 is 11.7 Å². The Balaban J connectivity index is 3.29. The molecule has 0 saturated heterocycles. The van der Waals surface area contributed by atoms with Crippen LogP contribution in [0.2, 0.25) is 0 Å². The van der Waals surface area contributed by atoms with Gasteiger partial charge in [0, 0.05) is 5.56 Å². The maximum absolute atomic E-state index is 12.2. The fourth-order valence-corrected chi connectivity index (χ4v) is 1.04. The Morgan fingerprint density at radius 1 is 1.31 bits per heavy atom. The zero-order chi connectivity index (χ0) is 10.1. The molecule has 0 aliphatic carbocycles. The van der Waals surface area contributed by atoms with Crippen LogP contribution in [0.25, 0.3) is 0 Å². The molecule has 1 aromatic carbocycles. The summed E-state index contributed by atoms with van der Waals surface area (Å²) >= 11 is 0. The summed E-state index contributed by atoms with van der Waals surface area (Å²) in [5, 5.41) is 0. The topological polar surface area (TPSA) is 17.1 Å². The quantitative estimate of drug-likeness (QED) is 0.619. The van der Waals surface area contributed by atoms with Gasteiger partial charge in [0.1, 0.15) is 0 Å². The standard InChI is InChI=1S/C9H7F3O/c1-6-2-3-8(9(10,11)12)7(4-6)5-13/h2-5H,1H3. The molecule has 0 atom stereocenters. The minimum atomic E-state index is -4.45. The van der Waals surface area contributed by atoms with E-state index >= 15 is 0 Å². The Kier molecular flexibility index (Phi) is 2.40. The van der Waals surface area contributed by atoms with Gasteiger partial charge < -0.3 is 0 Å². The van der Waals surface area contributed by atoms with Crippen LogP contribution in [0.5, 0.6) is 0 Å². The zero-order valence-electron chi connectivity index (χ0n) is 6.85. The number of aldehydes is 1. The van der Waals surface area contributed by atoms with Crippen LogP contribution in [-0.2, 0) is 6.18 Å². The molecule has 0 spiro atoms. The molecule has 0 aliphatic heterocycles. The molecule has 70 valence electrons. The Morgan fingerprint density at radius 2 is 1.92 bits per heavy atom. The molecule has 0 amide bonds. The molecule has 0 fully saturated rings. The second kappa shape index (κ2) is 3.20. The van der Waals surface area contributed by atoms with Crippen molar-refractivity contribution in [1.82, 2.24) is 0 Å². The van der Waals surface area contributed by atoms with E-state index in [-0.39, 0.29) is 11.8 Å². The molecule has 1 nitrogen and oxygen atoms in total. The summed E-state index contributed by atoms with van der Waals surface area (Å²) in [5.74, 6) is 0. The van der Waals surface area contributed by atoms with Gasteiger partial charge in [0.2, 0.25) is 0 Å². The van der Waals surface area contributed by atoms with Crippen molar-refractivity contribution in [3.8, 4) is 0 Å². The molecule has 1 rings (SSSR count). The molecular weight excluding hydrogens is 181 g/mol. The van der Waals surface area contributed by atoms with Crippen LogP contribution in [0.15, 0.2) is 18.2 Å². The monoisotopic (exact) mass is 188 g/mol. The minimum absolute atomic E-state index is 0.218. The lowest BCUT2D eigenvalue weighted by Crippen LogP contribution is -2.08. The average Bonchev–Trinajstić information content (AvgIpc) is 2.01. The zero-order valence-corrected chi connectivity index (χ0v) is 6.85. The molecule has 0 saturated carbocycles. The lowest BCUT2D eigenvalue weighted by molar-refractivity contribution is -0.137. The number of carbonyl (C=O) groups excluding carboxylic acids is 1. The summed E-state index contributed by atoms with van der Waals surface area (Å²) in [4.78, 5) is 10.3. The van der Waals surface area contributed by atoms with Gasteiger partial charge in [-0.1, -0.05) is 11.6 Å². The summed E-state index contributed by atoms with van der Waals surface area (Å²) in [6.07, 6.45) is -4.24. The van der Waals surface area contributed by atoms with Crippen LogP contribution in [0.4, 0.5) is 13.2 Å². The van der Waals surface area contributed by atoms with Crippen LogP contribution in [0.1, 0.15) is 21.5 Å². The SMILES string of the molecule is Cc1ccc(C(F)(F)F)c(C=O)c1. The van der Waals surface area contributed by atoms with E-state index in [2.05, 4.69) is 0 Å². The van der Waals surface area contributed by atoms with Gasteiger partial charge in [-0.05, 0) is 19.1 Å². The number of rotatable bonds is 1. The first-order chi connectivity index (χ1) is 5.95. The molecular formula is C9H7F3O. The van der Waals surface area contributed by atoms with Gasteiger partial charge >= 0.3 is 6.18 Å². The fourth-order valence-electron chi connectivity index (χ4n) is 1.04. The highest BCUT2D eigenvalue weighted by Gasteiger charge is 2.32. The second-order valence-electron chi connectivity index (χ2n) is 2.71. The van der Waals surface area contributed by atoms with E-state index in [9.17, 15) is 18.0 Å². The van der Waals surface area contributed by atoms with E-state index in [0.717, 1.165) is 6.07 Å². The van der Waals surface area contributed by atoms with Gasteiger partial charge in [-0.15, -0.1) is 0 Å². The third-order valence-corrected chi connectivity index (χ3v) is 1.64. The Morgan fingerprint density at radius 3 is 2.38 bits per heavy atom. The summed E-state index contributed by atoms with van der Waals surface area (Å²) < 4.78 is 36.6. The van der Waals surface area contributed by atoms with Gasteiger partial charge in [-0.2, -0.15) is 13.2 Å². The molecule has 0 aliphatic rings. The van der Waals surface area contributed by atoms with Crippen molar-refractivity contribution in [2.75, 3.05) is 0 Å². The molecule has 1 aromatic rings. The van der Waals surface area contributed by atoms with Crippen LogP contribution >= 0.6 is 0 Å². The van der Waals surface area contributed by atoms with Crippen LogP contribution < -0.4 is 0 Å². The molecule has 0 unspecified atom stereocenters. The van der Waals surface area contributed by atoms with Gasteiger partial charge in [-0.3, -0.25) is 4.79 Å². The third-order valence-electron chi connectivity index (χ3n) is 1.64. The molecule has 0 heterocycles. The summed E-state index contributed by atoms with van der Waals surface area (Å²) in [7, 11) is 0. The molecule has 0 aromatic heterocycles. The number of carbonyl (C=O) groups is 1. The van der Waals surface area contributed by atoms with Gasteiger partial charge in [0.15, 0.2) is 6.29 Å². The number of aryl methyl sites for hydroxylation is 1. The number of hydrogen-bond donors (Lipinski definition) is 0. The van der Waals surface area contributed by atoms with Gasteiger partial charge in [0.25, 0.3) is 0 Å². The highest BCUT2D eigenvalue weighted by atomic mass is 19.4. The maximum Gasteiger partial charge on any atom is 0.417 e. The molecule has 0 bridgehead atoms. The Hall–Kier alpha value is -1.32. The highest BCUT2D eigenvalue weighted by Crippen LogP contribution is 2.31. The first-order valence-electron chi connectivity index (χ1n) is 3.58. The van der Waals surface area contributed by atoms with Crippen molar-refractivity contribution in [1.29, 1.82) is 0 Å². The Labute approximate surface area is 73.2 Å². The lowest BCUT2D eigenvalue weighted by Gasteiger charge is -2.09. The maximum atomic E-state index is 12.2. The second-order valence-corrected chi connectivity index (χ2v) is 2.71.